The first-order valence-corrected chi connectivity index (χ1v) is 7.06. The van der Waals surface area contributed by atoms with Crippen molar-refractivity contribution in [2.45, 2.75) is 19.3 Å². The molecule has 1 nitrogen and oxygen atoms in total. The summed E-state index contributed by atoms with van der Waals surface area (Å²) in [4.78, 5) is 0. The molecule has 2 aromatic carbocycles. The number of halogens is 1. The molecule has 0 spiro atoms. The van der Waals surface area contributed by atoms with Crippen LogP contribution in [0.5, 0.6) is 0 Å². The number of nitrogens with two attached hydrogens (primary N) is 1. The third-order valence-corrected chi connectivity index (χ3v) is 3.96. The van der Waals surface area contributed by atoms with Crippen molar-refractivity contribution < 1.29 is 0 Å². The Morgan fingerprint density at radius 2 is 1.72 bits per heavy atom. The summed E-state index contributed by atoms with van der Waals surface area (Å²) in [6.45, 7) is 2.97. The van der Waals surface area contributed by atoms with E-state index in [1.807, 2.05) is 6.07 Å². The van der Waals surface area contributed by atoms with Crippen molar-refractivity contribution in [3.8, 4) is 11.1 Å². The van der Waals surface area contributed by atoms with E-state index in [4.69, 9.17) is 5.73 Å². The second-order valence-electron chi connectivity index (χ2n) is 4.58. The monoisotopic (exact) mass is 303 g/mol. The molecular formula is C16H18BrN. The van der Waals surface area contributed by atoms with Crippen molar-refractivity contribution in [2.24, 2.45) is 5.73 Å². The molecule has 0 radical (unpaired) electrons. The van der Waals surface area contributed by atoms with Crippen molar-refractivity contribution in [3.63, 3.8) is 0 Å². The predicted octanol–water partition coefficient (Wildman–Crippen LogP) is 4.57. The second kappa shape index (κ2) is 6.17. The number of benzene rings is 2. The van der Waals surface area contributed by atoms with Gasteiger partial charge in [-0.3, -0.25) is 0 Å². The topological polar surface area (TPSA) is 26.0 Å². The first kappa shape index (κ1) is 13.3. The van der Waals surface area contributed by atoms with Gasteiger partial charge in [-0.25, -0.2) is 0 Å². The zero-order valence-electron chi connectivity index (χ0n) is 10.6. The molecule has 0 fully saturated rings. The highest BCUT2D eigenvalue weighted by Gasteiger charge is 2.06. The summed E-state index contributed by atoms with van der Waals surface area (Å²) in [5, 5.41) is 0. The smallest absolute Gasteiger partial charge is 0.0253 e. The van der Waals surface area contributed by atoms with Crippen LogP contribution in [0, 0.1) is 0 Å². The van der Waals surface area contributed by atoms with Crippen LogP contribution in [0.4, 0.5) is 0 Å². The average molecular weight is 304 g/mol. The number of hydrogen-bond acceptors (Lipinski definition) is 1. The van der Waals surface area contributed by atoms with Crippen LogP contribution in [0.2, 0.25) is 0 Å². The molecule has 2 rings (SSSR count). The van der Waals surface area contributed by atoms with Gasteiger partial charge < -0.3 is 5.73 Å². The van der Waals surface area contributed by atoms with Crippen molar-refractivity contribution in [3.05, 3.63) is 58.6 Å². The molecule has 0 bridgehead atoms. The molecule has 0 heterocycles. The lowest BCUT2D eigenvalue weighted by Gasteiger charge is -2.11. The van der Waals surface area contributed by atoms with Gasteiger partial charge in [-0.2, -0.15) is 0 Å². The summed E-state index contributed by atoms with van der Waals surface area (Å²) >= 11 is 3.59. The fraction of sp³-hybridized carbons (Fsp3) is 0.250. The largest absolute Gasteiger partial charge is 0.330 e. The maximum atomic E-state index is 5.60. The number of rotatable bonds is 4. The Labute approximate surface area is 117 Å². The molecule has 18 heavy (non-hydrogen) atoms. The Morgan fingerprint density at radius 1 is 1.06 bits per heavy atom. The Hall–Kier alpha value is -1.12. The van der Waals surface area contributed by atoms with Gasteiger partial charge in [0.15, 0.2) is 0 Å². The van der Waals surface area contributed by atoms with Crippen LogP contribution >= 0.6 is 15.9 Å². The zero-order chi connectivity index (χ0) is 13.0. The molecule has 0 aliphatic heterocycles. The van der Waals surface area contributed by atoms with Crippen LogP contribution in [-0.4, -0.2) is 6.54 Å². The standard InChI is InChI=1S/C16H18BrN/c1-12(10-11-18)13-6-8-14(9-7-13)15-4-2-3-5-16(15)17/h2-9,12H,10-11,18H2,1H3. The fourth-order valence-electron chi connectivity index (χ4n) is 2.10. The highest BCUT2D eigenvalue weighted by atomic mass is 79.9. The van der Waals surface area contributed by atoms with Crippen molar-refractivity contribution in [2.75, 3.05) is 6.54 Å². The molecule has 1 atom stereocenters. The van der Waals surface area contributed by atoms with E-state index < -0.39 is 0 Å². The van der Waals surface area contributed by atoms with E-state index in [1.54, 1.807) is 0 Å². The molecule has 2 heteroatoms. The Morgan fingerprint density at radius 3 is 2.33 bits per heavy atom. The lowest BCUT2D eigenvalue weighted by atomic mass is 9.95. The van der Waals surface area contributed by atoms with E-state index in [0.29, 0.717) is 5.92 Å². The lowest BCUT2D eigenvalue weighted by molar-refractivity contribution is 0.690. The summed E-state index contributed by atoms with van der Waals surface area (Å²) in [5.41, 5.74) is 9.43. The molecular weight excluding hydrogens is 286 g/mol. The fourth-order valence-corrected chi connectivity index (χ4v) is 2.62. The minimum absolute atomic E-state index is 0.531. The summed E-state index contributed by atoms with van der Waals surface area (Å²) < 4.78 is 1.13. The SMILES string of the molecule is CC(CCN)c1ccc(-c2ccccc2Br)cc1. The lowest BCUT2D eigenvalue weighted by Crippen LogP contribution is -2.04. The molecule has 2 N–H and O–H groups in total. The van der Waals surface area contributed by atoms with Crippen LogP contribution < -0.4 is 5.73 Å². The van der Waals surface area contributed by atoms with Crippen LogP contribution in [0.1, 0.15) is 24.8 Å². The predicted molar refractivity (Wildman–Crippen MR) is 81.7 cm³/mol. The quantitative estimate of drug-likeness (QED) is 0.880. The first-order chi connectivity index (χ1) is 8.72. The van der Waals surface area contributed by atoms with Gasteiger partial charge >= 0.3 is 0 Å². The van der Waals surface area contributed by atoms with Gasteiger partial charge in [0.05, 0.1) is 0 Å². The normalized spacial score (nSPS) is 12.4. The molecule has 1 unspecified atom stereocenters. The van der Waals surface area contributed by atoms with Gasteiger partial charge in [-0.15, -0.1) is 0 Å². The van der Waals surface area contributed by atoms with Gasteiger partial charge in [0.25, 0.3) is 0 Å². The molecule has 94 valence electrons. The Kier molecular flexibility index (Phi) is 4.56. The van der Waals surface area contributed by atoms with E-state index >= 15 is 0 Å². The van der Waals surface area contributed by atoms with E-state index in [2.05, 4.69) is 65.3 Å². The molecule has 0 amide bonds. The molecule has 0 aliphatic rings. The average Bonchev–Trinajstić information content (AvgIpc) is 2.40. The zero-order valence-corrected chi connectivity index (χ0v) is 12.2. The molecule has 0 aliphatic carbocycles. The highest BCUT2D eigenvalue weighted by Crippen LogP contribution is 2.29. The second-order valence-corrected chi connectivity index (χ2v) is 5.43. The van der Waals surface area contributed by atoms with Crippen LogP contribution in [0.3, 0.4) is 0 Å². The first-order valence-electron chi connectivity index (χ1n) is 6.27. The van der Waals surface area contributed by atoms with E-state index in [9.17, 15) is 0 Å². The minimum atomic E-state index is 0.531. The Balaban J connectivity index is 2.25. The third-order valence-electron chi connectivity index (χ3n) is 3.26. The van der Waals surface area contributed by atoms with Gasteiger partial charge in [-0.05, 0) is 41.6 Å². The van der Waals surface area contributed by atoms with E-state index in [-0.39, 0.29) is 0 Å². The van der Waals surface area contributed by atoms with E-state index in [1.165, 1.54) is 16.7 Å². The summed E-state index contributed by atoms with van der Waals surface area (Å²) in [6.07, 6.45) is 1.04. The van der Waals surface area contributed by atoms with Crippen LogP contribution in [0.15, 0.2) is 53.0 Å². The summed E-state index contributed by atoms with van der Waals surface area (Å²) in [7, 11) is 0. The summed E-state index contributed by atoms with van der Waals surface area (Å²) in [5.74, 6) is 0.531. The molecule has 0 saturated heterocycles. The molecule has 0 saturated carbocycles. The highest BCUT2D eigenvalue weighted by molar-refractivity contribution is 9.10. The van der Waals surface area contributed by atoms with Gasteiger partial charge in [0, 0.05) is 4.47 Å². The maximum Gasteiger partial charge on any atom is 0.0253 e. The van der Waals surface area contributed by atoms with Gasteiger partial charge in [0.2, 0.25) is 0 Å². The number of hydrogen-bond donors (Lipinski definition) is 1. The van der Waals surface area contributed by atoms with Crippen molar-refractivity contribution >= 4 is 15.9 Å². The summed E-state index contributed by atoms with van der Waals surface area (Å²) in [6, 6.07) is 17.1. The third kappa shape index (κ3) is 3.01. The van der Waals surface area contributed by atoms with E-state index in [0.717, 1.165) is 17.4 Å². The van der Waals surface area contributed by atoms with Crippen LogP contribution in [0.25, 0.3) is 11.1 Å². The molecule has 2 aromatic rings. The molecule has 0 aromatic heterocycles. The Bertz CT molecular complexity index is 505. The van der Waals surface area contributed by atoms with Crippen LogP contribution in [-0.2, 0) is 0 Å². The van der Waals surface area contributed by atoms with Crippen molar-refractivity contribution in [1.82, 2.24) is 0 Å². The van der Waals surface area contributed by atoms with Crippen molar-refractivity contribution in [1.29, 1.82) is 0 Å². The van der Waals surface area contributed by atoms with Gasteiger partial charge in [-0.1, -0.05) is 65.3 Å². The minimum Gasteiger partial charge on any atom is -0.330 e. The maximum absolute atomic E-state index is 5.60. The van der Waals surface area contributed by atoms with Gasteiger partial charge in [0.1, 0.15) is 0 Å².